The van der Waals surface area contributed by atoms with Gasteiger partial charge in [0.05, 0.1) is 73.9 Å². The first-order chi connectivity index (χ1) is 30.6. The molecule has 0 bridgehead atoms. The first kappa shape index (κ1) is 50.7. The van der Waals surface area contributed by atoms with Gasteiger partial charge in [0.15, 0.2) is 37.7 Å². The molecule has 0 saturated heterocycles. The minimum absolute atomic E-state index is 0.0413. The number of phenolic OH excluding ortho intramolecular Hbond substituents is 1. The number of rotatable bonds is 22. The lowest BCUT2D eigenvalue weighted by atomic mass is 10.1. The molecule has 0 aliphatic heterocycles. The molecule has 0 fully saturated rings. The monoisotopic (exact) mass is 1020 g/mol. The number of sulfone groups is 2. The predicted molar refractivity (Wildman–Crippen MR) is 226 cm³/mol. The van der Waals surface area contributed by atoms with Crippen LogP contribution in [0.4, 0.5) is 34.1 Å². The summed E-state index contributed by atoms with van der Waals surface area (Å²) in [5, 5.41) is 53.5. The molecule has 26 nitrogen and oxygen atoms in total. The quantitative estimate of drug-likeness (QED) is 0.00765. The lowest BCUT2D eigenvalue weighted by molar-refractivity contribution is -0.434. The molecular formula is C33H30N6O20S6. The number of azo groups is 2. The van der Waals surface area contributed by atoms with Crippen LogP contribution < -0.4 is 11.1 Å². The van der Waals surface area contributed by atoms with E-state index in [0.717, 1.165) is 36.4 Å². The van der Waals surface area contributed by atoms with Crippen molar-refractivity contribution in [3.05, 3.63) is 90.5 Å². The summed E-state index contributed by atoms with van der Waals surface area (Å²) in [5.41, 5.74) is 4.90. The summed E-state index contributed by atoms with van der Waals surface area (Å²) in [5.74, 6) is -2.70. The van der Waals surface area contributed by atoms with E-state index >= 15 is 0 Å². The molecule has 0 spiro atoms. The second kappa shape index (κ2) is 21.8. The van der Waals surface area contributed by atoms with E-state index in [0.29, 0.717) is 0 Å². The zero-order valence-corrected chi connectivity index (χ0v) is 37.0. The number of benzene rings is 5. The van der Waals surface area contributed by atoms with E-state index in [1.165, 1.54) is 48.5 Å². The number of nitrogens with zero attached hydrogens (tertiary/aromatic N) is 4. The minimum Gasteiger partial charge on any atom is -0.505 e. The highest BCUT2D eigenvalue weighted by molar-refractivity contribution is 7.94. The maximum absolute atomic E-state index is 13.2. The van der Waals surface area contributed by atoms with Crippen LogP contribution in [-0.2, 0) is 67.3 Å². The summed E-state index contributed by atoms with van der Waals surface area (Å²) >= 11 is 0.494. The summed E-state index contributed by atoms with van der Waals surface area (Å²) in [7, 11) is -17.9. The molecule has 0 saturated carbocycles. The van der Waals surface area contributed by atoms with Gasteiger partial charge in [0, 0.05) is 11.3 Å². The fraction of sp³-hybridized carbons (Fsp3) is 0.121. The van der Waals surface area contributed by atoms with Crippen molar-refractivity contribution in [3.63, 3.8) is 0 Å². The molecule has 0 radical (unpaired) electrons. The number of carbonyl (C=O) groups excluding carboxylic acids is 1. The summed E-state index contributed by atoms with van der Waals surface area (Å²) in [4.78, 5) is 11.7. The topological polar surface area (TPSA) is 398 Å². The van der Waals surface area contributed by atoms with Crippen LogP contribution in [0, 0.1) is 0 Å². The molecule has 0 aliphatic rings. The maximum atomic E-state index is 13.2. The van der Waals surface area contributed by atoms with Crippen molar-refractivity contribution in [1.29, 1.82) is 0 Å². The molecule has 5 rings (SSSR count). The summed E-state index contributed by atoms with van der Waals surface area (Å²) < 4.78 is 133. The van der Waals surface area contributed by atoms with Crippen LogP contribution in [-0.4, -0.2) is 89.0 Å². The third-order valence-electron chi connectivity index (χ3n) is 8.18. The van der Waals surface area contributed by atoms with E-state index in [1.54, 1.807) is 0 Å². The van der Waals surface area contributed by atoms with Gasteiger partial charge in [-0.25, -0.2) is 31.5 Å². The lowest BCUT2D eigenvalue weighted by Crippen LogP contribution is -2.15. The van der Waals surface area contributed by atoms with Crippen LogP contribution in [0.25, 0.3) is 10.8 Å². The summed E-state index contributed by atoms with van der Waals surface area (Å²) in [6, 6.07) is 17.2. The van der Waals surface area contributed by atoms with Crippen molar-refractivity contribution in [3.8, 4) is 5.75 Å². The minimum atomic E-state index is -5.13. The fourth-order valence-electron chi connectivity index (χ4n) is 5.31. The largest absolute Gasteiger partial charge is 0.505 e. The SMILES string of the molecule is Nc1c(N=Nc2ccc(S(=O)(=O)CCOS(=O)(=O)O)cc2)c(S(=O)(=O)O)cc2cc(SOOO)c(N=Nc3cccc(C(=O)Nc4ccc(S(=O)(=O)CCOSOOO)cc4)c3)c(O)c12. The number of anilines is 2. The van der Waals surface area contributed by atoms with Crippen molar-refractivity contribution >= 4 is 115 Å². The van der Waals surface area contributed by atoms with E-state index in [2.05, 4.69) is 48.7 Å². The molecule has 0 atom stereocenters. The Morgan fingerprint density at radius 3 is 1.92 bits per heavy atom. The molecule has 0 unspecified atom stereocenters. The number of phenols is 1. The number of nitrogens with two attached hydrogens (primary N) is 1. The van der Waals surface area contributed by atoms with Gasteiger partial charge in [-0.3, -0.25) is 18.1 Å². The Balaban J connectivity index is 1.42. The Hall–Kier alpha value is -5.27. The Labute approximate surface area is 375 Å². The first-order valence-electron chi connectivity index (χ1n) is 17.2. The fourth-order valence-corrected chi connectivity index (χ4v) is 9.38. The second-order valence-electron chi connectivity index (χ2n) is 12.4. The van der Waals surface area contributed by atoms with Crippen molar-refractivity contribution in [2.45, 2.75) is 19.6 Å². The van der Waals surface area contributed by atoms with Crippen LogP contribution in [0.1, 0.15) is 10.4 Å². The van der Waals surface area contributed by atoms with E-state index in [1.807, 2.05) is 0 Å². The molecule has 348 valence electrons. The Kier molecular flexibility index (Phi) is 17.0. The Morgan fingerprint density at radius 1 is 0.708 bits per heavy atom. The van der Waals surface area contributed by atoms with E-state index < -0.39 is 91.9 Å². The third-order valence-corrected chi connectivity index (χ3v) is 13.9. The zero-order valence-electron chi connectivity index (χ0n) is 32.1. The van der Waals surface area contributed by atoms with Crippen LogP contribution in [0.5, 0.6) is 5.75 Å². The molecule has 0 aliphatic carbocycles. The molecular weight excluding hydrogens is 993 g/mol. The van der Waals surface area contributed by atoms with Crippen molar-refractivity contribution in [1.82, 2.24) is 0 Å². The predicted octanol–water partition coefficient (Wildman–Crippen LogP) is 6.25. The van der Waals surface area contributed by atoms with E-state index in [4.69, 9.17) is 25.0 Å². The number of carbonyl (C=O) groups is 1. The third kappa shape index (κ3) is 13.9. The molecule has 1 amide bonds. The zero-order chi connectivity index (χ0) is 47.6. The molecule has 8 N–H and O–H groups in total. The van der Waals surface area contributed by atoms with Gasteiger partial charge in [-0.1, -0.05) is 16.1 Å². The lowest BCUT2D eigenvalue weighted by Gasteiger charge is -2.14. The van der Waals surface area contributed by atoms with Gasteiger partial charge in [0.2, 0.25) is 0 Å². The van der Waals surface area contributed by atoms with Gasteiger partial charge in [0.25, 0.3) is 16.0 Å². The number of hydrogen-bond donors (Lipinski definition) is 7. The molecule has 5 aromatic rings. The number of fused-ring (bicyclic) bond motifs is 1. The van der Waals surface area contributed by atoms with Gasteiger partial charge in [0.1, 0.15) is 16.3 Å². The van der Waals surface area contributed by atoms with E-state index in [-0.39, 0.29) is 79.1 Å². The number of nitrogen functional groups attached to an aromatic ring is 1. The Morgan fingerprint density at radius 2 is 1.31 bits per heavy atom. The van der Waals surface area contributed by atoms with Crippen molar-refractivity contribution < 1.29 is 90.3 Å². The van der Waals surface area contributed by atoms with Crippen LogP contribution in [0.3, 0.4) is 0 Å². The van der Waals surface area contributed by atoms with Crippen LogP contribution in [0.2, 0.25) is 0 Å². The van der Waals surface area contributed by atoms with Gasteiger partial charge >= 0.3 is 10.4 Å². The second-order valence-corrected chi connectivity index (χ2v) is 20.3. The number of aromatic hydroxyl groups is 1. The normalized spacial score (nSPS) is 12.7. The average molecular weight is 1020 g/mol. The number of amides is 1. The van der Waals surface area contributed by atoms with Crippen molar-refractivity contribution in [2.24, 2.45) is 20.5 Å². The summed E-state index contributed by atoms with van der Waals surface area (Å²) in [6.45, 7) is -1.19. The number of nitrogens with one attached hydrogen (secondary N) is 1. The molecule has 5 aromatic carbocycles. The smallest absolute Gasteiger partial charge is 0.397 e. The highest BCUT2D eigenvalue weighted by Crippen LogP contribution is 2.49. The van der Waals surface area contributed by atoms with E-state index in [9.17, 15) is 48.1 Å². The van der Waals surface area contributed by atoms with Crippen LogP contribution >= 0.6 is 24.4 Å². The van der Waals surface area contributed by atoms with Crippen molar-refractivity contribution in [2.75, 3.05) is 35.8 Å². The Bertz CT molecular complexity index is 3070. The number of hydrogen-bond acceptors (Lipinski definition) is 25. The maximum Gasteiger partial charge on any atom is 0.397 e. The van der Waals surface area contributed by atoms with Gasteiger partial charge in [-0.2, -0.15) is 27.1 Å². The highest BCUT2D eigenvalue weighted by atomic mass is 32.3. The van der Waals surface area contributed by atoms with Gasteiger partial charge < -0.3 is 16.2 Å². The first-order valence-corrected chi connectivity index (χ1v) is 24.7. The molecule has 0 heterocycles. The molecule has 65 heavy (non-hydrogen) atoms. The average Bonchev–Trinajstić information content (AvgIpc) is 3.24. The molecule has 0 aromatic heterocycles. The highest BCUT2D eigenvalue weighted by Gasteiger charge is 2.26. The van der Waals surface area contributed by atoms with Gasteiger partial charge in [-0.05, 0) is 84.2 Å². The van der Waals surface area contributed by atoms with Crippen LogP contribution in [0.15, 0.2) is 125 Å². The standard InChI is InChI=1S/C33H30N6O20S6/c34-29-28-20(18-27(64(48,49)50)31(29)39-36-22-6-10-25(11-7-22)63(46,47)15-13-55-65(51,52)53)17-26(60-58-56-42)30(32(28)40)38-37-23-3-1-2-19(16-23)33(41)35-21-4-8-24(9-5-21)62(44,45)14-12-54-61-59-57-43/h1-11,16-18,40,42-43H,12-15,34H2,(H,35,41)(H,48,49,50)(H,51,52,53). The summed E-state index contributed by atoms with van der Waals surface area (Å²) in [6.07, 6.45) is 0. The molecule has 32 heteroatoms. The van der Waals surface area contributed by atoms with Gasteiger partial charge in [-0.15, -0.1) is 18.9 Å².